The van der Waals surface area contributed by atoms with Crippen molar-refractivity contribution in [1.82, 2.24) is 20.9 Å². The number of halogens is 2. The first kappa shape index (κ1) is 71.3. The summed E-state index contributed by atoms with van der Waals surface area (Å²) in [4.78, 5) is 162. The van der Waals surface area contributed by atoms with Crippen molar-refractivity contribution < 1.29 is 85.6 Å². The maximum absolute atomic E-state index is 14.3. The summed E-state index contributed by atoms with van der Waals surface area (Å²) in [6.45, 7) is 0.468. The van der Waals surface area contributed by atoms with E-state index >= 15 is 0 Å². The fraction of sp³-hybridized carbons (Fsp3) is 0.299. The second-order valence-corrected chi connectivity index (χ2v) is 26.7. The van der Waals surface area contributed by atoms with Gasteiger partial charge in [-0.2, -0.15) is 0 Å². The third-order valence-electron chi connectivity index (χ3n) is 17.2. The minimum Gasteiger partial charge on any atom is -0.444 e. The molecule has 98 heavy (non-hydrogen) atoms. The van der Waals surface area contributed by atoms with Crippen LogP contribution in [0.15, 0.2) is 127 Å². The van der Waals surface area contributed by atoms with E-state index in [1.54, 1.807) is 72.8 Å². The predicted octanol–water partition coefficient (Wildman–Crippen LogP) is 8.70. The van der Waals surface area contributed by atoms with Crippen molar-refractivity contribution in [3.05, 3.63) is 155 Å². The van der Waals surface area contributed by atoms with Crippen LogP contribution in [0.3, 0.4) is 0 Å². The number of unbranched alkanes of at least 4 members (excludes halogenated alkanes) is 2. The minimum atomic E-state index is -5.06. The van der Waals surface area contributed by atoms with E-state index < -0.39 is 74.7 Å². The Balaban J connectivity index is 0.836. The van der Waals surface area contributed by atoms with Crippen LogP contribution in [-0.2, 0) is 54.0 Å². The highest BCUT2D eigenvalue weighted by Crippen LogP contribution is 2.51. The Labute approximate surface area is 571 Å². The number of primary amides is 1. The fourth-order valence-electron chi connectivity index (χ4n) is 12.3. The summed E-state index contributed by atoms with van der Waals surface area (Å²) in [5.74, 6) is -4.51. The van der Waals surface area contributed by atoms with E-state index in [9.17, 15) is 71.9 Å². The maximum Gasteiger partial charge on any atom is 0.524 e. The standard InChI is InChI=1S/C67H69Cl2N9O18P2/c68-35-43-37-77(52-33-54(95-97(88,89)90)46-10-2-4-12-48(46)60(43)52)58(81)23-18-40-15-19-42(20-24-59(82)78-38-44(36-69)61-49-13-5-3-11-47(49)55(34-53(61)78)96-98(91,92)93)51(32-40)75-66(87)94-39-41-16-21-45(22-17-41)73-62(83)50(14-8-30-72-65(70)86)74-64(85)67(27-9-28-67)63(84)71-29-6-1-7-31-76-56(79)25-26-57(76)80/h2-5,10-13,15-26,32-34,43-44,50H,1,6-9,14,27-31,35-39H2,(H,71,84)(H,73,83)(H,74,85)(H,75,87)(H3,70,72,86)(H2,88,89,90)(H2,91,92,93)/t43-,44-,50+/m1/s1. The van der Waals surface area contributed by atoms with E-state index in [0.29, 0.717) is 80.9 Å². The number of phosphoric acid groups is 2. The third kappa shape index (κ3) is 16.9. The lowest BCUT2D eigenvalue weighted by Crippen LogP contribution is -2.58. The topological polar surface area (TPSA) is 392 Å². The monoisotopic (exact) mass is 1420 g/mol. The van der Waals surface area contributed by atoms with Crippen LogP contribution in [0.25, 0.3) is 33.7 Å². The number of imide groups is 1. The van der Waals surface area contributed by atoms with Gasteiger partial charge < -0.3 is 50.6 Å². The number of rotatable bonds is 28. The van der Waals surface area contributed by atoms with Gasteiger partial charge in [-0.15, -0.1) is 23.2 Å². The number of urea groups is 1. The molecule has 0 unspecified atom stereocenters. The molecule has 31 heteroatoms. The van der Waals surface area contributed by atoms with Crippen LogP contribution in [0.5, 0.6) is 11.5 Å². The largest absolute Gasteiger partial charge is 0.524 e. The number of fused-ring (bicyclic) bond motifs is 6. The molecule has 3 atom stereocenters. The summed E-state index contributed by atoms with van der Waals surface area (Å²) < 4.78 is 40.1. The van der Waals surface area contributed by atoms with Crippen molar-refractivity contribution in [3.8, 4) is 11.5 Å². The zero-order valence-corrected chi connectivity index (χ0v) is 55.7. The van der Waals surface area contributed by atoms with Gasteiger partial charge in [-0.1, -0.05) is 79.2 Å². The molecule has 3 heterocycles. The molecule has 3 aliphatic heterocycles. The van der Waals surface area contributed by atoms with Gasteiger partial charge in [0.05, 0.1) is 17.1 Å². The molecule has 10 amide bonds. The summed E-state index contributed by atoms with van der Waals surface area (Å²) in [7, 11) is -10.1. The number of nitrogens with zero attached hydrogens (tertiary/aromatic N) is 3. The van der Waals surface area contributed by atoms with E-state index in [2.05, 4.69) is 26.6 Å². The molecule has 4 aliphatic rings. The van der Waals surface area contributed by atoms with Gasteiger partial charge in [0.2, 0.25) is 17.7 Å². The van der Waals surface area contributed by atoms with Crippen LogP contribution in [0.1, 0.15) is 91.0 Å². The highest BCUT2D eigenvalue weighted by molar-refractivity contribution is 7.47. The smallest absolute Gasteiger partial charge is 0.444 e. The van der Waals surface area contributed by atoms with Crippen molar-refractivity contribution in [2.45, 2.75) is 75.9 Å². The first-order chi connectivity index (χ1) is 46.8. The van der Waals surface area contributed by atoms with Gasteiger partial charge >= 0.3 is 27.8 Å². The summed E-state index contributed by atoms with van der Waals surface area (Å²) in [6.07, 6.45) is 9.84. The Morgan fingerprint density at radius 2 is 1.20 bits per heavy atom. The van der Waals surface area contributed by atoms with Gasteiger partial charge in [-0.3, -0.25) is 63.4 Å². The number of carbonyl (C=O) groups is 9. The van der Waals surface area contributed by atoms with Crippen LogP contribution in [0.2, 0.25) is 0 Å². The van der Waals surface area contributed by atoms with Crippen LogP contribution in [-0.4, -0.2) is 128 Å². The molecule has 0 radical (unpaired) electrons. The Kier molecular flexibility index (Phi) is 22.5. The molecule has 0 saturated heterocycles. The zero-order valence-electron chi connectivity index (χ0n) is 52.4. The molecule has 0 bridgehead atoms. The summed E-state index contributed by atoms with van der Waals surface area (Å²) in [6, 6.07) is 25.3. The Morgan fingerprint density at radius 1 is 0.653 bits per heavy atom. The van der Waals surface area contributed by atoms with Gasteiger partial charge in [0, 0.05) is 109 Å². The molecule has 0 spiro atoms. The number of phosphoric ester groups is 2. The van der Waals surface area contributed by atoms with Gasteiger partial charge in [0.15, 0.2) is 0 Å². The van der Waals surface area contributed by atoms with Gasteiger partial charge in [0.1, 0.15) is 29.6 Å². The first-order valence-corrected chi connectivity index (χ1v) is 35.3. The van der Waals surface area contributed by atoms with Crippen molar-refractivity contribution in [2.75, 3.05) is 64.9 Å². The zero-order chi connectivity index (χ0) is 70.1. The predicted molar refractivity (Wildman–Crippen MR) is 366 cm³/mol. The number of alkyl halides is 2. The van der Waals surface area contributed by atoms with Crippen LogP contribution >= 0.6 is 38.8 Å². The van der Waals surface area contributed by atoms with Crippen LogP contribution in [0, 0.1) is 5.41 Å². The lowest BCUT2D eigenvalue weighted by atomic mass is 9.67. The SMILES string of the molecule is NC(=O)NCCC[C@H](NC(=O)C1(C(=O)NCCCCCN2C(=O)C=CC2=O)CCC1)C(=O)Nc1ccc(COC(=O)Nc2cc(C=CC(=O)N3C[C@@H](CCl)c4c3cc(OP(=O)(O)O)c3ccccc43)ccc2C=CC(=O)N2C[C@@H](CCl)c3c2cc(OP(=O)(O)O)c2ccccc32)cc1. The maximum atomic E-state index is 14.3. The first-order valence-electron chi connectivity index (χ1n) is 31.2. The number of hydrogen-bond donors (Lipinski definition) is 10. The Morgan fingerprint density at radius 3 is 1.73 bits per heavy atom. The van der Waals surface area contributed by atoms with Gasteiger partial charge in [-0.25, -0.2) is 18.7 Å². The van der Waals surface area contributed by atoms with Gasteiger partial charge in [0.25, 0.3) is 23.6 Å². The molecule has 1 aliphatic carbocycles. The number of carbonyl (C=O) groups excluding carboxylic acids is 9. The van der Waals surface area contributed by atoms with E-state index in [-0.39, 0.29) is 123 Å². The number of nitrogens with one attached hydrogen (secondary N) is 5. The number of benzene rings is 6. The molecule has 11 N–H and O–H groups in total. The third-order valence-corrected chi connectivity index (χ3v) is 18.9. The number of amides is 10. The average Bonchev–Trinajstić information content (AvgIpc) is 1.56. The Bertz CT molecular complexity index is 4330. The van der Waals surface area contributed by atoms with Crippen molar-refractivity contribution in [1.29, 1.82) is 0 Å². The molecular weight excluding hydrogens is 1350 g/mol. The molecule has 514 valence electrons. The van der Waals surface area contributed by atoms with Crippen molar-refractivity contribution >= 4 is 149 Å². The number of ether oxygens (including phenoxy) is 1. The molecule has 6 aromatic rings. The molecule has 6 aromatic carbocycles. The van der Waals surface area contributed by atoms with Gasteiger partial charge in [-0.05, 0) is 114 Å². The summed E-state index contributed by atoms with van der Waals surface area (Å²) in [5, 5.41) is 15.5. The highest BCUT2D eigenvalue weighted by atomic mass is 35.5. The molecular formula is C67H69Cl2N9O18P2. The van der Waals surface area contributed by atoms with E-state index in [4.69, 9.17) is 42.7 Å². The molecule has 10 rings (SSSR count). The molecule has 27 nitrogen and oxygen atoms in total. The quantitative estimate of drug-likeness (QED) is 0.00548. The van der Waals surface area contributed by atoms with Crippen LogP contribution in [0.4, 0.5) is 32.3 Å². The van der Waals surface area contributed by atoms with E-state index in [1.807, 2.05) is 0 Å². The summed E-state index contributed by atoms with van der Waals surface area (Å²) >= 11 is 12.9. The second-order valence-electron chi connectivity index (χ2n) is 23.7. The van der Waals surface area contributed by atoms with E-state index in [0.717, 1.165) is 4.90 Å². The highest BCUT2D eigenvalue weighted by Gasteiger charge is 2.51. The Hall–Kier alpha value is -9.43. The molecule has 0 aromatic heterocycles. The van der Waals surface area contributed by atoms with Crippen molar-refractivity contribution in [2.24, 2.45) is 11.1 Å². The lowest BCUT2D eigenvalue weighted by molar-refractivity contribution is -0.151. The van der Waals surface area contributed by atoms with E-state index in [1.165, 1.54) is 76.6 Å². The minimum absolute atomic E-state index is 0.0446. The molecule has 1 fully saturated rings. The normalized spacial score (nSPS) is 16.6. The lowest BCUT2D eigenvalue weighted by Gasteiger charge is -2.39. The fourth-order valence-corrected chi connectivity index (χ4v) is 13.6. The molecule has 1 saturated carbocycles. The number of anilines is 4. The van der Waals surface area contributed by atoms with Crippen molar-refractivity contribution in [3.63, 3.8) is 0 Å². The second kappa shape index (κ2) is 31.0. The number of hydrogen-bond acceptors (Lipinski definition) is 14. The summed E-state index contributed by atoms with van der Waals surface area (Å²) in [5.41, 5.74) is 7.31. The average molecular weight is 1420 g/mol. The number of nitrogens with two attached hydrogens (primary N) is 1. The van der Waals surface area contributed by atoms with Crippen LogP contribution < -0.4 is 51.2 Å².